The third-order valence-electron chi connectivity index (χ3n) is 3.27. The van der Waals surface area contributed by atoms with Gasteiger partial charge >= 0.3 is 5.97 Å². The van der Waals surface area contributed by atoms with Gasteiger partial charge in [-0.15, -0.1) is 0 Å². The molecule has 3 nitrogen and oxygen atoms in total. The first-order chi connectivity index (χ1) is 7.72. The molecule has 1 fully saturated rings. The quantitative estimate of drug-likeness (QED) is 0.486. The third kappa shape index (κ3) is 4.97. The monoisotopic (exact) mass is 227 g/mol. The van der Waals surface area contributed by atoms with Gasteiger partial charge in [0.05, 0.1) is 13.2 Å². The molecule has 94 valence electrons. The van der Waals surface area contributed by atoms with Crippen molar-refractivity contribution in [2.45, 2.75) is 52.4 Å². The number of carbonyl (C=O) groups is 1. The minimum Gasteiger partial charge on any atom is -0.465 e. The van der Waals surface area contributed by atoms with E-state index in [0.29, 0.717) is 18.6 Å². The van der Waals surface area contributed by atoms with Crippen molar-refractivity contribution in [2.24, 2.45) is 5.41 Å². The molecule has 0 aromatic carbocycles. The zero-order valence-corrected chi connectivity index (χ0v) is 10.7. The predicted octanol–water partition coefficient (Wildman–Crippen LogP) is 2.50. The van der Waals surface area contributed by atoms with Gasteiger partial charge in [0.2, 0.25) is 0 Å². The molecule has 16 heavy (non-hydrogen) atoms. The van der Waals surface area contributed by atoms with Crippen LogP contribution in [-0.2, 0) is 9.53 Å². The zero-order valence-electron chi connectivity index (χ0n) is 10.7. The van der Waals surface area contributed by atoms with Crippen LogP contribution in [0.25, 0.3) is 0 Å². The fourth-order valence-corrected chi connectivity index (χ4v) is 2.03. The van der Waals surface area contributed by atoms with E-state index in [9.17, 15) is 4.79 Å². The zero-order chi connectivity index (χ0) is 11.9. The second-order valence-corrected chi connectivity index (χ2v) is 4.93. The van der Waals surface area contributed by atoms with Crippen LogP contribution in [0.1, 0.15) is 52.4 Å². The van der Waals surface area contributed by atoms with E-state index >= 15 is 0 Å². The molecule has 0 bridgehead atoms. The second-order valence-electron chi connectivity index (χ2n) is 4.93. The summed E-state index contributed by atoms with van der Waals surface area (Å²) in [6.45, 7) is 6.22. The number of nitrogens with one attached hydrogen (secondary N) is 1. The summed E-state index contributed by atoms with van der Waals surface area (Å²) in [4.78, 5) is 11.3. The Bertz CT molecular complexity index is 212. The van der Waals surface area contributed by atoms with E-state index in [2.05, 4.69) is 19.2 Å². The number of ether oxygens (including phenoxy) is 1. The lowest BCUT2D eigenvalue weighted by Gasteiger charge is -2.14. The SMILES string of the molecule is CCCCOC(=O)CNCC1(CCC)CC1. The van der Waals surface area contributed by atoms with Gasteiger partial charge in [0.15, 0.2) is 0 Å². The van der Waals surface area contributed by atoms with Gasteiger partial charge in [-0.25, -0.2) is 0 Å². The van der Waals surface area contributed by atoms with Crippen molar-refractivity contribution < 1.29 is 9.53 Å². The Hall–Kier alpha value is -0.570. The van der Waals surface area contributed by atoms with Crippen molar-refractivity contribution in [3.63, 3.8) is 0 Å². The average Bonchev–Trinajstić information content (AvgIpc) is 2.99. The standard InChI is InChI=1S/C13H25NO2/c1-3-5-9-16-12(15)10-14-11-13(6-4-2)7-8-13/h14H,3-11H2,1-2H3. The molecule has 0 unspecified atom stereocenters. The highest BCUT2D eigenvalue weighted by Gasteiger charge is 2.40. The molecule has 0 aromatic heterocycles. The summed E-state index contributed by atoms with van der Waals surface area (Å²) in [5.74, 6) is -0.110. The van der Waals surface area contributed by atoms with Gasteiger partial charge < -0.3 is 10.1 Å². The third-order valence-corrected chi connectivity index (χ3v) is 3.27. The Kier molecular flexibility index (Phi) is 5.81. The molecular formula is C13H25NO2. The molecule has 0 atom stereocenters. The molecule has 0 spiro atoms. The maximum absolute atomic E-state index is 11.3. The van der Waals surface area contributed by atoms with Crippen molar-refractivity contribution in [1.29, 1.82) is 0 Å². The van der Waals surface area contributed by atoms with Crippen molar-refractivity contribution >= 4 is 5.97 Å². The van der Waals surface area contributed by atoms with Crippen LogP contribution in [0.4, 0.5) is 0 Å². The number of hydrogen-bond donors (Lipinski definition) is 1. The van der Waals surface area contributed by atoms with Crippen LogP contribution in [0, 0.1) is 5.41 Å². The fraction of sp³-hybridized carbons (Fsp3) is 0.923. The minimum absolute atomic E-state index is 0.110. The maximum Gasteiger partial charge on any atom is 0.319 e. The summed E-state index contributed by atoms with van der Waals surface area (Å²) in [7, 11) is 0. The summed E-state index contributed by atoms with van der Waals surface area (Å²) in [5.41, 5.74) is 0.512. The highest BCUT2D eigenvalue weighted by atomic mass is 16.5. The van der Waals surface area contributed by atoms with Crippen molar-refractivity contribution in [3.05, 3.63) is 0 Å². The lowest BCUT2D eigenvalue weighted by atomic mass is 10.0. The van der Waals surface area contributed by atoms with Gasteiger partial charge in [0.25, 0.3) is 0 Å². The number of hydrogen-bond acceptors (Lipinski definition) is 3. The Morgan fingerprint density at radius 2 is 2.06 bits per heavy atom. The van der Waals surface area contributed by atoms with E-state index in [1.165, 1.54) is 25.7 Å². The van der Waals surface area contributed by atoms with Crippen molar-refractivity contribution in [1.82, 2.24) is 5.32 Å². The fourth-order valence-electron chi connectivity index (χ4n) is 2.03. The van der Waals surface area contributed by atoms with Gasteiger partial charge in [0.1, 0.15) is 0 Å². The first-order valence-corrected chi connectivity index (χ1v) is 6.59. The molecule has 1 N–H and O–H groups in total. The van der Waals surface area contributed by atoms with E-state index in [-0.39, 0.29) is 5.97 Å². The van der Waals surface area contributed by atoms with Gasteiger partial charge in [0, 0.05) is 6.54 Å². The Labute approximate surface area is 98.9 Å². The minimum atomic E-state index is -0.110. The molecule has 1 aliphatic carbocycles. The van der Waals surface area contributed by atoms with Crippen LogP contribution in [0.15, 0.2) is 0 Å². The highest BCUT2D eigenvalue weighted by molar-refractivity contribution is 5.71. The van der Waals surface area contributed by atoms with Crippen LogP contribution in [0.5, 0.6) is 0 Å². The summed E-state index contributed by atoms with van der Waals surface area (Å²) in [5, 5.41) is 3.23. The Morgan fingerprint density at radius 3 is 2.62 bits per heavy atom. The van der Waals surface area contributed by atoms with E-state index in [4.69, 9.17) is 4.74 Å². The molecule has 0 heterocycles. The molecule has 1 rings (SSSR count). The van der Waals surface area contributed by atoms with E-state index in [1.807, 2.05) is 0 Å². The van der Waals surface area contributed by atoms with E-state index < -0.39 is 0 Å². The number of rotatable bonds is 9. The second kappa shape index (κ2) is 6.89. The summed E-state index contributed by atoms with van der Waals surface area (Å²) in [6, 6.07) is 0. The maximum atomic E-state index is 11.3. The van der Waals surface area contributed by atoms with Crippen LogP contribution in [0.3, 0.4) is 0 Å². The number of unbranched alkanes of at least 4 members (excludes halogenated alkanes) is 1. The molecule has 0 amide bonds. The summed E-state index contributed by atoms with van der Waals surface area (Å²) >= 11 is 0. The first-order valence-electron chi connectivity index (χ1n) is 6.59. The molecule has 0 radical (unpaired) electrons. The van der Waals surface area contributed by atoms with Gasteiger partial charge in [-0.3, -0.25) is 4.79 Å². The lowest BCUT2D eigenvalue weighted by Crippen LogP contribution is -2.30. The van der Waals surface area contributed by atoms with Crippen LogP contribution in [0.2, 0.25) is 0 Å². The molecule has 0 saturated heterocycles. The molecule has 1 aliphatic rings. The topological polar surface area (TPSA) is 38.3 Å². The molecule has 0 aliphatic heterocycles. The Morgan fingerprint density at radius 1 is 1.31 bits per heavy atom. The highest BCUT2D eigenvalue weighted by Crippen LogP contribution is 2.48. The molecule has 3 heteroatoms. The van der Waals surface area contributed by atoms with Crippen LogP contribution < -0.4 is 5.32 Å². The van der Waals surface area contributed by atoms with Crippen molar-refractivity contribution in [2.75, 3.05) is 19.7 Å². The largest absolute Gasteiger partial charge is 0.465 e. The van der Waals surface area contributed by atoms with Gasteiger partial charge in [-0.05, 0) is 31.1 Å². The van der Waals surface area contributed by atoms with E-state index in [1.54, 1.807) is 0 Å². The predicted molar refractivity (Wildman–Crippen MR) is 65.3 cm³/mol. The Balaban J connectivity index is 2.00. The summed E-state index contributed by atoms with van der Waals surface area (Å²) < 4.78 is 5.08. The van der Waals surface area contributed by atoms with Crippen LogP contribution in [-0.4, -0.2) is 25.7 Å². The molecule has 0 aromatic rings. The summed E-state index contributed by atoms with van der Waals surface area (Å²) in [6.07, 6.45) is 7.19. The molecular weight excluding hydrogens is 202 g/mol. The number of carbonyl (C=O) groups excluding carboxylic acids is 1. The lowest BCUT2D eigenvalue weighted by molar-refractivity contribution is -0.142. The molecule has 1 saturated carbocycles. The van der Waals surface area contributed by atoms with Crippen LogP contribution >= 0.6 is 0 Å². The smallest absolute Gasteiger partial charge is 0.319 e. The van der Waals surface area contributed by atoms with Gasteiger partial charge in [-0.1, -0.05) is 26.7 Å². The van der Waals surface area contributed by atoms with Crippen molar-refractivity contribution in [3.8, 4) is 0 Å². The average molecular weight is 227 g/mol. The van der Waals surface area contributed by atoms with E-state index in [0.717, 1.165) is 19.4 Å². The first kappa shape index (κ1) is 13.5. The van der Waals surface area contributed by atoms with Gasteiger partial charge in [-0.2, -0.15) is 0 Å². The normalized spacial score (nSPS) is 17.1. The number of esters is 1.